The van der Waals surface area contributed by atoms with Crippen molar-refractivity contribution in [3.8, 4) is 22.9 Å². The molecule has 1 heterocycles. The third kappa shape index (κ3) is 9.60. The summed E-state index contributed by atoms with van der Waals surface area (Å²) in [6.07, 6.45) is 16.5. The van der Waals surface area contributed by atoms with Gasteiger partial charge in [0.1, 0.15) is 17.3 Å². The summed E-state index contributed by atoms with van der Waals surface area (Å²) in [6.45, 7) is 4.92. The van der Waals surface area contributed by atoms with Gasteiger partial charge in [0.05, 0.1) is 12.2 Å². The van der Waals surface area contributed by atoms with Crippen molar-refractivity contribution in [3.05, 3.63) is 71.8 Å². The first-order chi connectivity index (χ1) is 18.1. The lowest BCUT2D eigenvalue weighted by molar-refractivity contribution is 0.0730. The van der Waals surface area contributed by atoms with E-state index in [1.165, 1.54) is 57.1 Å². The molecule has 0 fully saturated rings. The maximum Gasteiger partial charge on any atom is 0.346 e. The molecule has 6 heteroatoms. The highest BCUT2D eigenvalue weighted by Gasteiger charge is 2.15. The van der Waals surface area contributed by atoms with E-state index in [0.717, 1.165) is 36.8 Å². The standard InChI is InChI=1S/C31H39FN2O3/c1-3-5-7-9-11-13-24-22-33-30(34-23-24)25-14-16-26(17-15-25)37-31(35)28-19-18-27(21-29(28)32)36-20-12-10-8-6-4-2/h14-19,21-23H,3-13,20H2,1-2H3. The Labute approximate surface area is 220 Å². The van der Waals surface area contributed by atoms with Gasteiger partial charge in [0.25, 0.3) is 0 Å². The Hall–Kier alpha value is -3.28. The highest BCUT2D eigenvalue weighted by Crippen LogP contribution is 2.22. The van der Waals surface area contributed by atoms with Crippen LogP contribution in [0, 0.1) is 5.82 Å². The van der Waals surface area contributed by atoms with Crippen molar-refractivity contribution in [2.45, 2.75) is 84.5 Å². The molecular weight excluding hydrogens is 467 g/mol. The van der Waals surface area contributed by atoms with Crippen LogP contribution in [0.1, 0.15) is 94.0 Å². The normalized spacial score (nSPS) is 10.9. The summed E-state index contributed by atoms with van der Waals surface area (Å²) in [5, 5.41) is 0. The predicted molar refractivity (Wildman–Crippen MR) is 146 cm³/mol. The van der Waals surface area contributed by atoms with Crippen LogP contribution in [0.4, 0.5) is 4.39 Å². The van der Waals surface area contributed by atoms with Gasteiger partial charge in [-0.15, -0.1) is 0 Å². The highest BCUT2D eigenvalue weighted by atomic mass is 19.1. The fourth-order valence-electron chi connectivity index (χ4n) is 4.05. The number of esters is 1. The van der Waals surface area contributed by atoms with Crippen LogP contribution in [0.3, 0.4) is 0 Å². The molecule has 0 amide bonds. The molecule has 0 unspecified atom stereocenters. The number of rotatable bonds is 16. The number of nitrogens with zero attached hydrogens (tertiary/aromatic N) is 2. The number of hydrogen-bond donors (Lipinski definition) is 0. The number of ether oxygens (including phenoxy) is 2. The fourth-order valence-corrected chi connectivity index (χ4v) is 4.05. The monoisotopic (exact) mass is 506 g/mol. The van der Waals surface area contributed by atoms with E-state index in [1.54, 1.807) is 30.3 Å². The minimum absolute atomic E-state index is 0.131. The Morgan fingerprint density at radius 1 is 0.784 bits per heavy atom. The van der Waals surface area contributed by atoms with Crippen molar-refractivity contribution >= 4 is 5.97 Å². The van der Waals surface area contributed by atoms with Crippen LogP contribution in [0.25, 0.3) is 11.4 Å². The molecule has 0 radical (unpaired) electrons. The first kappa shape index (κ1) is 28.3. The summed E-state index contributed by atoms with van der Waals surface area (Å²) in [5.41, 5.74) is 1.82. The SMILES string of the molecule is CCCCCCCOc1ccc(C(=O)Oc2ccc(-c3ncc(CCCCCCC)cn3)cc2)c(F)c1. The molecule has 2 aromatic carbocycles. The lowest BCUT2D eigenvalue weighted by atomic mass is 10.1. The van der Waals surface area contributed by atoms with Gasteiger partial charge < -0.3 is 9.47 Å². The summed E-state index contributed by atoms with van der Waals surface area (Å²) in [5.74, 6) is -0.0693. The summed E-state index contributed by atoms with van der Waals surface area (Å²) in [7, 11) is 0. The van der Waals surface area contributed by atoms with Crippen LogP contribution in [0.5, 0.6) is 11.5 Å². The zero-order chi connectivity index (χ0) is 26.3. The number of benzene rings is 2. The number of carbonyl (C=O) groups is 1. The summed E-state index contributed by atoms with van der Waals surface area (Å²) < 4.78 is 25.5. The van der Waals surface area contributed by atoms with Crippen LogP contribution in [-0.4, -0.2) is 22.5 Å². The van der Waals surface area contributed by atoms with Crippen molar-refractivity contribution in [2.75, 3.05) is 6.61 Å². The number of halogens is 1. The van der Waals surface area contributed by atoms with Crippen LogP contribution >= 0.6 is 0 Å². The molecule has 198 valence electrons. The Bertz CT molecular complexity index is 1080. The molecular formula is C31H39FN2O3. The van der Waals surface area contributed by atoms with E-state index in [4.69, 9.17) is 9.47 Å². The second-order valence-corrected chi connectivity index (χ2v) is 9.40. The molecule has 0 aliphatic heterocycles. The predicted octanol–water partition coefficient (Wildman–Crippen LogP) is 8.36. The Kier molecular flexibility index (Phi) is 12.0. The molecule has 1 aromatic heterocycles. The highest BCUT2D eigenvalue weighted by molar-refractivity contribution is 5.91. The van der Waals surface area contributed by atoms with Crippen LogP contribution < -0.4 is 9.47 Å². The van der Waals surface area contributed by atoms with Crippen molar-refractivity contribution in [2.24, 2.45) is 0 Å². The van der Waals surface area contributed by atoms with E-state index < -0.39 is 11.8 Å². The van der Waals surface area contributed by atoms with Gasteiger partial charge in [0, 0.05) is 24.0 Å². The van der Waals surface area contributed by atoms with E-state index in [-0.39, 0.29) is 5.56 Å². The zero-order valence-electron chi connectivity index (χ0n) is 22.2. The average Bonchev–Trinajstić information content (AvgIpc) is 2.91. The van der Waals surface area contributed by atoms with Gasteiger partial charge in [-0.2, -0.15) is 0 Å². The molecule has 0 spiro atoms. The quantitative estimate of drug-likeness (QED) is 0.111. The molecule has 3 aromatic rings. The first-order valence-electron chi connectivity index (χ1n) is 13.7. The smallest absolute Gasteiger partial charge is 0.346 e. The van der Waals surface area contributed by atoms with Gasteiger partial charge in [0.15, 0.2) is 5.82 Å². The van der Waals surface area contributed by atoms with Gasteiger partial charge in [0.2, 0.25) is 0 Å². The Balaban J connectivity index is 1.49. The van der Waals surface area contributed by atoms with Crippen LogP contribution in [0.2, 0.25) is 0 Å². The second-order valence-electron chi connectivity index (χ2n) is 9.40. The first-order valence-corrected chi connectivity index (χ1v) is 13.7. The molecule has 3 rings (SSSR count). The van der Waals surface area contributed by atoms with Crippen LogP contribution in [-0.2, 0) is 6.42 Å². The van der Waals surface area contributed by atoms with Gasteiger partial charge in [-0.1, -0.05) is 65.2 Å². The second kappa shape index (κ2) is 15.7. The molecule has 0 aliphatic carbocycles. The van der Waals surface area contributed by atoms with Gasteiger partial charge in [-0.3, -0.25) is 0 Å². The topological polar surface area (TPSA) is 61.3 Å². The van der Waals surface area contributed by atoms with Gasteiger partial charge in [-0.05, 0) is 61.2 Å². The lowest BCUT2D eigenvalue weighted by Crippen LogP contribution is -2.11. The van der Waals surface area contributed by atoms with E-state index in [9.17, 15) is 9.18 Å². The van der Waals surface area contributed by atoms with E-state index >= 15 is 0 Å². The van der Waals surface area contributed by atoms with Crippen molar-refractivity contribution in [3.63, 3.8) is 0 Å². The van der Waals surface area contributed by atoms with Crippen molar-refractivity contribution in [1.82, 2.24) is 9.97 Å². The Morgan fingerprint density at radius 2 is 1.41 bits per heavy atom. The van der Waals surface area contributed by atoms with Gasteiger partial charge >= 0.3 is 5.97 Å². The number of unbranched alkanes of at least 4 members (excludes halogenated alkanes) is 8. The van der Waals surface area contributed by atoms with E-state index in [1.807, 2.05) is 12.4 Å². The molecule has 0 atom stereocenters. The van der Waals surface area contributed by atoms with Crippen molar-refractivity contribution in [1.29, 1.82) is 0 Å². The molecule has 5 nitrogen and oxygen atoms in total. The summed E-state index contributed by atoms with van der Waals surface area (Å²) in [6, 6.07) is 11.1. The molecule has 0 bridgehead atoms. The number of hydrogen-bond acceptors (Lipinski definition) is 5. The minimum Gasteiger partial charge on any atom is -0.493 e. The van der Waals surface area contributed by atoms with E-state index in [0.29, 0.717) is 23.9 Å². The fraction of sp³-hybridized carbons (Fsp3) is 0.452. The van der Waals surface area contributed by atoms with Crippen LogP contribution in [0.15, 0.2) is 54.9 Å². The third-order valence-corrected chi connectivity index (χ3v) is 6.27. The van der Waals surface area contributed by atoms with Crippen molar-refractivity contribution < 1.29 is 18.7 Å². The molecule has 0 saturated heterocycles. The molecule has 0 N–H and O–H groups in total. The van der Waals surface area contributed by atoms with Gasteiger partial charge in [-0.25, -0.2) is 19.2 Å². The molecule has 37 heavy (non-hydrogen) atoms. The maximum absolute atomic E-state index is 14.5. The lowest BCUT2D eigenvalue weighted by Gasteiger charge is -2.09. The van der Waals surface area contributed by atoms with E-state index in [2.05, 4.69) is 23.8 Å². The minimum atomic E-state index is -0.754. The molecule has 0 aliphatic rings. The third-order valence-electron chi connectivity index (χ3n) is 6.27. The average molecular weight is 507 g/mol. The number of aryl methyl sites for hydroxylation is 1. The number of aromatic nitrogens is 2. The summed E-state index contributed by atoms with van der Waals surface area (Å²) >= 11 is 0. The summed E-state index contributed by atoms with van der Waals surface area (Å²) in [4.78, 5) is 21.5. The molecule has 0 saturated carbocycles. The maximum atomic E-state index is 14.5. The Morgan fingerprint density at radius 3 is 2.05 bits per heavy atom. The zero-order valence-corrected chi connectivity index (χ0v) is 22.2. The number of carbonyl (C=O) groups excluding carboxylic acids is 1. The largest absolute Gasteiger partial charge is 0.493 e.